The SMILES string of the molecule is COc1cc(NCC(O)CO)ccc1-c1ccc(C(C)=O)o1. The third-order valence-corrected chi connectivity index (χ3v) is 3.17. The molecule has 0 saturated heterocycles. The summed E-state index contributed by atoms with van der Waals surface area (Å²) in [5.74, 6) is 1.28. The average molecular weight is 305 g/mol. The molecule has 0 spiro atoms. The molecule has 0 aliphatic rings. The van der Waals surface area contributed by atoms with Crippen LogP contribution in [0.25, 0.3) is 11.3 Å². The van der Waals surface area contributed by atoms with Crippen molar-refractivity contribution in [2.75, 3.05) is 25.6 Å². The highest BCUT2D eigenvalue weighted by Crippen LogP contribution is 2.33. The van der Waals surface area contributed by atoms with Gasteiger partial charge in [-0.15, -0.1) is 0 Å². The Morgan fingerprint density at radius 3 is 2.73 bits per heavy atom. The number of ketones is 1. The fourth-order valence-electron chi connectivity index (χ4n) is 1.98. The molecular formula is C16H19NO5. The predicted molar refractivity (Wildman–Crippen MR) is 82.3 cm³/mol. The average Bonchev–Trinajstić information content (AvgIpc) is 3.02. The largest absolute Gasteiger partial charge is 0.496 e. The lowest BCUT2D eigenvalue weighted by Gasteiger charge is -2.13. The monoisotopic (exact) mass is 305 g/mol. The maximum absolute atomic E-state index is 11.3. The van der Waals surface area contributed by atoms with E-state index < -0.39 is 6.10 Å². The van der Waals surface area contributed by atoms with Crippen LogP contribution in [0.15, 0.2) is 34.7 Å². The highest BCUT2D eigenvalue weighted by atomic mass is 16.5. The molecule has 0 aliphatic carbocycles. The van der Waals surface area contributed by atoms with E-state index in [2.05, 4.69) is 5.32 Å². The number of carbonyl (C=O) groups excluding carboxylic acids is 1. The Hall–Kier alpha value is -2.31. The van der Waals surface area contributed by atoms with Crippen LogP contribution in [-0.4, -0.2) is 42.4 Å². The minimum Gasteiger partial charge on any atom is -0.496 e. The van der Waals surface area contributed by atoms with Crippen molar-refractivity contribution in [3.05, 3.63) is 36.1 Å². The second kappa shape index (κ2) is 7.11. The minimum absolute atomic E-state index is 0.138. The van der Waals surface area contributed by atoms with Gasteiger partial charge in [0.25, 0.3) is 0 Å². The molecule has 0 amide bonds. The van der Waals surface area contributed by atoms with E-state index in [-0.39, 0.29) is 18.9 Å². The molecule has 1 aromatic carbocycles. The number of hydrogen-bond donors (Lipinski definition) is 3. The van der Waals surface area contributed by atoms with Crippen molar-refractivity contribution in [1.82, 2.24) is 0 Å². The Morgan fingerprint density at radius 2 is 2.14 bits per heavy atom. The zero-order valence-electron chi connectivity index (χ0n) is 12.5. The van der Waals surface area contributed by atoms with Crippen LogP contribution in [-0.2, 0) is 0 Å². The number of anilines is 1. The summed E-state index contributed by atoms with van der Waals surface area (Å²) >= 11 is 0. The van der Waals surface area contributed by atoms with Crippen molar-refractivity contribution in [2.45, 2.75) is 13.0 Å². The molecule has 1 atom stereocenters. The van der Waals surface area contributed by atoms with Gasteiger partial charge in [0.2, 0.25) is 0 Å². The zero-order valence-corrected chi connectivity index (χ0v) is 12.5. The molecule has 1 heterocycles. The van der Waals surface area contributed by atoms with Gasteiger partial charge in [0.15, 0.2) is 11.5 Å². The third-order valence-electron chi connectivity index (χ3n) is 3.17. The Morgan fingerprint density at radius 1 is 1.36 bits per heavy atom. The van der Waals surface area contributed by atoms with E-state index in [1.807, 2.05) is 0 Å². The van der Waals surface area contributed by atoms with Gasteiger partial charge >= 0.3 is 0 Å². The van der Waals surface area contributed by atoms with Gasteiger partial charge in [0, 0.05) is 25.2 Å². The molecule has 118 valence electrons. The number of nitrogens with one attached hydrogen (secondary N) is 1. The summed E-state index contributed by atoms with van der Waals surface area (Å²) in [6.07, 6.45) is -0.825. The number of ether oxygens (including phenoxy) is 1. The maximum atomic E-state index is 11.3. The quantitative estimate of drug-likeness (QED) is 0.677. The lowest BCUT2D eigenvalue weighted by Crippen LogP contribution is -2.22. The number of carbonyl (C=O) groups is 1. The van der Waals surface area contributed by atoms with E-state index in [4.69, 9.17) is 14.3 Å². The van der Waals surface area contributed by atoms with Crippen LogP contribution < -0.4 is 10.1 Å². The van der Waals surface area contributed by atoms with Crippen molar-refractivity contribution >= 4 is 11.5 Å². The van der Waals surface area contributed by atoms with E-state index in [1.54, 1.807) is 37.4 Å². The number of aliphatic hydroxyl groups excluding tert-OH is 2. The first kappa shape index (κ1) is 16.1. The molecular weight excluding hydrogens is 286 g/mol. The van der Waals surface area contributed by atoms with Gasteiger partial charge in [-0.3, -0.25) is 4.79 Å². The van der Waals surface area contributed by atoms with E-state index in [1.165, 1.54) is 6.92 Å². The highest BCUT2D eigenvalue weighted by Gasteiger charge is 2.13. The number of hydrogen-bond acceptors (Lipinski definition) is 6. The van der Waals surface area contributed by atoms with Crippen LogP contribution in [0.5, 0.6) is 5.75 Å². The fraction of sp³-hybridized carbons (Fsp3) is 0.312. The van der Waals surface area contributed by atoms with Crippen molar-refractivity contribution in [3.63, 3.8) is 0 Å². The first-order valence-corrected chi connectivity index (χ1v) is 6.87. The molecule has 6 nitrogen and oxygen atoms in total. The van der Waals surface area contributed by atoms with Crippen molar-refractivity contribution in [3.8, 4) is 17.1 Å². The topological polar surface area (TPSA) is 91.9 Å². The minimum atomic E-state index is -0.825. The molecule has 1 aromatic heterocycles. The highest BCUT2D eigenvalue weighted by molar-refractivity contribution is 5.92. The van der Waals surface area contributed by atoms with Crippen molar-refractivity contribution in [1.29, 1.82) is 0 Å². The second-order valence-electron chi connectivity index (χ2n) is 4.85. The van der Waals surface area contributed by atoms with Gasteiger partial charge in [-0.25, -0.2) is 0 Å². The standard InChI is InChI=1S/C16H19NO5/c1-10(19)14-5-6-15(22-14)13-4-3-11(7-16(13)21-2)17-8-12(20)9-18/h3-7,12,17-18,20H,8-9H2,1-2H3. The number of benzene rings is 1. The maximum Gasteiger partial charge on any atom is 0.194 e. The number of rotatable bonds is 7. The molecule has 0 radical (unpaired) electrons. The molecule has 3 N–H and O–H groups in total. The molecule has 2 aromatic rings. The van der Waals surface area contributed by atoms with Crippen LogP contribution >= 0.6 is 0 Å². The summed E-state index contributed by atoms with van der Waals surface area (Å²) in [5.41, 5.74) is 1.47. The van der Waals surface area contributed by atoms with E-state index in [9.17, 15) is 9.90 Å². The van der Waals surface area contributed by atoms with Crippen LogP contribution in [0.2, 0.25) is 0 Å². The van der Waals surface area contributed by atoms with E-state index in [0.717, 1.165) is 11.3 Å². The van der Waals surface area contributed by atoms with Gasteiger partial charge in [0.1, 0.15) is 11.5 Å². The van der Waals surface area contributed by atoms with Crippen molar-refractivity contribution in [2.24, 2.45) is 0 Å². The molecule has 0 aliphatic heterocycles. The number of methoxy groups -OCH3 is 1. The van der Waals surface area contributed by atoms with Gasteiger partial charge < -0.3 is 24.7 Å². The molecule has 22 heavy (non-hydrogen) atoms. The number of aliphatic hydroxyl groups is 2. The van der Waals surface area contributed by atoms with Gasteiger partial charge in [-0.2, -0.15) is 0 Å². The van der Waals surface area contributed by atoms with Crippen LogP contribution in [0.4, 0.5) is 5.69 Å². The van der Waals surface area contributed by atoms with Crippen LogP contribution in [0.1, 0.15) is 17.5 Å². The van der Waals surface area contributed by atoms with Gasteiger partial charge in [0.05, 0.1) is 25.4 Å². The van der Waals surface area contributed by atoms with Gasteiger partial charge in [-0.1, -0.05) is 0 Å². The summed E-state index contributed by atoms with van der Waals surface area (Å²) in [4.78, 5) is 11.3. The Bertz CT molecular complexity index is 650. The zero-order chi connectivity index (χ0) is 16.1. The fourth-order valence-corrected chi connectivity index (χ4v) is 1.98. The molecule has 0 bridgehead atoms. The summed E-state index contributed by atoms with van der Waals surface area (Å²) in [6.45, 7) is 1.37. The summed E-state index contributed by atoms with van der Waals surface area (Å²) in [7, 11) is 1.54. The molecule has 1 unspecified atom stereocenters. The Kier molecular flexibility index (Phi) is 5.19. The molecule has 6 heteroatoms. The summed E-state index contributed by atoms with van der Waals surface area (Å²) < 4.78 is 10.9. The Balaban J connectivity index is 2.23. The van der Waals surface area contributed by atoms with Crippen molar-refractivity contribution < 1.29 is 24.2 Å². The third kappa shape index (κ3) is 3.66. The molecule has 0 fully saturated rings. The van der Waals surface area contributed by atoms with Crippen LogP contribution in [0, 0.1) is 0 Å². The lowest BCUT2D eigenvalue weighted by atomic mass is 10.1. The van der Waals surface area contributed by atoms with E-state index in [0.29, 0.717) is 17.3 Å². The normalized spacial score (nSPS) is 12.0. The predicted octanol–water partition coefficient (Wildman–Crippen LogP) is 1.92. The van der Waals surface area contributed by atoms with Gasteiger partial charge in [-0.05, 0) is 24.3 Å². The number of Topliss-reactive ketones (excluding diaryl/α,β-unsaturated/α-hetero) is 1. The summed E-state index contributed by atoms with van der Waals surface area (Å²) in [5, 5.41) is 21.1. The Labute approximate surface area is 128 Å². The van der Waals surface area contributed by atoms with E-state index >= 15 is 0 Å². The number of furan rings is 1. The molecule has 2 rings (SSSR count). The smallest absolute Gasteiger partial charge is 0.194 e. The van der Waals surface area contributed by atoms with Crippen LogP contribution in [0.3, 0.4) is 0 Å². The summed E-state index contributed by atoms with van der Waals surface area (Å²) in [6, 6.07) is 8.71. The molecule has 0 saturated carbocycles. The first-order chi connectivity index (χ1) is 10.5. The first-order valence-electron chi connectivity index (χ1n) is 6.87. The second-order valence-corrected chi connectivity index (χ2v) is 4.85. The lowest BCUT2D eigenvalue weighted by molar-refractivity contribution is 0.0988.